The van der Waals surface area contributed by atoms with Gasteiger partial charge in [-0.25, -0.2) is 0 Å². The molecule has 0 fully saturated rings. The highest BCUT2D eigenvalue weighted by molar-refractivity contribution is 5.97. The number of rotatable bonds is 4. The molecule has 3 heterocycles. The Morgan fingerprint density at radius 2 is 2.03 bits per heavy atom. The molecule has 2 aromatic rings. The fraction of sp³-hybridized carbons (Fsp3) is 0.391. The third kappa shape index (κ3) is 3.68. The van der Waals surface area contributed by atoms with Crippen molar-refractivity contribution in [2.75, 3.05) is 23.8 Å². The normalized spacial score (nSPS) is 23.6. The van der Waals surface area contributed by atoms with E-state index in [1.165, 1.54) is 0 Å². The number of benzene rings is 1. The molecule has 3 unspecified atom stereocenters. The first kappa shape index (κ1) is 20.1. The molecule has 32 heavy (non-hydrogen) atoms. The molecule has 0 spiro atoms. The van der Waals surface area contributed by atoms with E-state index in [2.05, 4.69) is 38.8 Å². The molecule has 1 aromatic heterocycles. The Labute approximate surface area is 184 Å². The van der Waals surface area contributed by atoms with E-state index in [0.717, 1.165) is 24.8 Å². The summed E-state index contributed by atoms with van der Waals surface area (Å²) in [7, 11) is 0. The van der Waals surface area contributed by atoms with Crippen molar-refractivity contribution in [1.29, 1.82) is 5.26 Å². The van der Waals surface area contributed by atoms with E-state index >= 15 is 0 Å². The van der Waals surface area contributed by atoms with Crippen LogP contribution < -0.4 is 25.7 Å². The summed E-state index contributed by atoms with van der Waals surface area (Å²) in [4.78, 5) is 32.9. The molecule has 0 saturated carbocycles. The Morgan fingerprint density at radius 3 is 2.81 bits per heavy atom. The maximum absolute atomic E-state index is 13.1. The van der Waals surface area contributed by atoms with Gasteiger partial charge < -0.3 is 20.1 Å². The molecule has 164 valence electrons. The van der Waals surface area contributed by atoms with Gasteiger partial charge in [0.2, 0.25) is 11.9 Å². The van der Waals surface area contributed by atoms with E-state index < -0.39 is 17.7 Å². The number of aromatic nitrogens is 2. The molecule has 0 bridgehead atoms. The number of nitrogens with one attached hydrogen (secondary N) is 3. The Morgan fingerprint density at radius 1 is 1.19 bits per heavy atom. The number of anilines is 2. The number of aromatic amines is 1. The van der Waals surface area contributed by atoms with Crippen LogP contribution in [0.3, 0.4) is 0 Å². The van der Waals surface area contributed by atoms with Crippen LogP contribution in [-0.4, -0.2) is 29.1 Å². The average molecular weight is 433 g/mol. The largest absolute Gasteiger partial charge is 0.486 e. The van der Waals surface area contributed by atoms with Gasteiger partial charge in [0, 0.05) is 12.5 Å². The van der Waals surface area contributed by atoms with Crippen LogP contribution in [0.25, 0.3) is 0 Å². The molecule has 1 aromatic carbocycles. The van der Waals surface area contributed by atoms with Crippen molar-refractivity contribution in [2.45, 2.75) is 31.7 Å². The van der Waals surface area contributed by atoms with Gasteiger partial charge in [-0.05, 0) is 42.9 Å². The van der Waals surface area contributed by atoms with Crippen LogP contribution in [0.1, 0.15) is 36.3 Å². The minimum absolute atomic E-state index is 0.0499. The van der Waals surface area contributed by atoms with Crippen molar-refractivity contribution in [3.05, 3.63) is 51.8 Å². The van der Waals surface area contributed by atoms with E-state index in [1.807, 2.05) is 18.2 Å². The molecule has 0 saturated heterocycles. The minimum atomic E-state index is -0.904. The molecule has 0 radical (unpaired) electrons. The predicted octanol–water partition coefficient (Wildman–Crippen LogP) is 2.68. The lowest BCUT2D eigenvalue weighted by Crippen LogP contribution is -2.41. The second-order valence-corrected chi connectivity index (χ2v) is 8.17. The summed E-state index contributed by atoms with van der Waals surface area (Å²) in [6.45, 7) is 1.43. The average Bonchev–Trinajstić information content (AvgIpc) is 2.82. The van der Waals surface area contributed by atoms with E-state index in [4.69, 9.17) is 9.47 Å². The van der Waals surface area contributed by atoms with Crippen LogP contribution in [0.5, 0.6) is 11.5 Å². The van der Waals surface area contributed by atoms with Gasteiger partial charge in [0.1, 0.15) is 24.9 Å². The topological polar surface area (TPSA) is 129 Å². The summed E-state index contributed by atoms with van der Waals surface area (Å²) < 4.78 is 11.1. The summed E-state index contributed by atoms with van der Waals surface area (Å²) in [5, 5.41) is 15.4. The SMILES string of the molecule is N#CC1C(=O)Nc2nc(NCc3ccc4c(c3)OCCO4)[nH]c(=O)c2C1C1CC=CCC1. The third-order valence-corrected chi connectivity index (χ3v) is 6.19. The number of carbonyl (C=O) groups excluding carboxylic acids is 1. The number of amides is 1. The van der Waals surface area contributed by atoms with Crippen molar-refractivity contribution in [1.82, 2.24) is 9.97 Å². The molecule has 3 N–H and O–H groups in total. The number of hydrogen-bond donors (Lipinski definition) is 3. The number of H-pyrrole nitrogens is 1. The lowest BCUT2D eigenvalue weighted by molar-refractivity contribution is -0.119. The van der Waals surface area contributed by atoms with E-state index in [1.54, 1.807) is 0 Å². The molecule has 2 aliphatic heterocycles. The van der Waals surface area contributed by atoms with Crippen molar-refractivity contribution >= 4 is 17.7 Å². The van der Waals surface area contributed by atoms with Gasteiger partial charge >= 0.3 is 0 Å². The summed E-state index contributed by atoms with van der Waals surface area (Å²) >= 11 is 0. The second-order valence-electron chi connectivity index (χ2n) is 8.17. The zero-order valence-corrected chi connectivity index (χ0v) is 17.4. The lowest BCUT2D eigenvalue weighted by Gasteiger charge is -2.34. The van der Waals surface area contributed by atoms with Crippen molar-refractivity contribution in [2.24, 2.45) is 11.8 Å². The van der Waals surface area contributed by atoms with Gasteiger partial charge in [-0.1, -0.05) is 18.2 Å². The van der Waals surface area contributed by atoms with Crippen molar-refractivity contribution < 1.29 is 14.3 Å². The number of nitriles is 1. The summed E-state index contributed by atoms with van der Waals surface area (Å²) in [6, 6.07) is 7.73. The molecule has 9 nitrogen and oxygen atoms in total. The maximum Gasteiger partial charge on any atom is 0.257 e. The van der Waals surface area contributed by atoms with Crippen LogP contribution in [0.15, 0.2) is 35.1 Å². The third-order valence-electron chi connectivity index (χ3n) is 6.19. The standard InChI is InChI=1S/C23H23N5O4/c24-11-15-18(14-4-2-1-3-5-14)19-20(26-21(15)29)27-23(28-22(19)30)25-12-13-6-7-16-17(10-13)32-9-8-31-16/h1-2,6-7,10,14-15,18H,3-5,8-9,12H2,(H3,25,26,27,28,29,30). The van der Waals surface area contributed by atoms with Gasteiger partial charge in [0.25, 0.3) is 5.56 Å². The molecule has 5 rings (SSSR count). The van der Waals surface area contributed by atoms with Gasteiger partial charge in [-0.15, -0.1) is 0 Å². The first-order valence-corrected chi connectivity index (χ1v) is 10.8. The molecule has 9 heteroatoms. The highest BCUT2D eigenvalue weighted by atomic mass is 16.6. The monoisotopic (exact) mass is 433 g/mol. The molecule has 1 amide bonds. The number of hydrogen-bond acceptors (Lipinski definition) is 7. The zero-order valence-electron chi connectivity index (χ0n) is 17.4. The maximum atomic E-state index is 13.1. The highest BCUT2D eigenvalue weighted by Gasteiger charge is 2.43. The Balaban J connectivity index is 1.41. The van der Waals surface area contributed by atoms with Crippen molar-refractivity contribution in [3.8, 4) is 17.6 Å². The van der Waals surface area contributed by atoms with Gasteiger partial charge in [-0.3, -0.25) is 14.6 Å². The first-order valence-electron chi connectivity index (χ1n) is 10.8. The van der Waals surface area contributed by atoms with E-state index in [9.17, 15) is 14.9 Å². The van der Waals surface area contributed by atoms with Gasteiger partial charge in [0.05, 0.1) is 11.6 Å². The Kier molecular flexibility index (Phi) is 5.27. The molecular weight excluding hydrogens is 410 g/mol. The number of ether oxygens (including phenoxy) is 2. The first-order chi connectivity index (χ1) is 15.6. The Bertz CT molecular complexity index is 1180. The number of nitrogens with zero attached hydrogens (tertiary/aromatic N) is 2. The number of carbonyl (C=O) groups is 1. The molecular formula is C23H23N5O4. The fourth-order valence-electron chi connectivity index (χ4n) is 4.67. The molecule has 1 aliphatic carbocycles. The van der Waals surface area contributed by atoms with Crippen LogP contribution in [0.4, 0.5) is 11.8 Å². The van der Waals surface area contributed by atoms with Gasteiger partial charge in [0.15, 0.2) is 11.5 Å². The van der Waals surface area contributed by atoms with Crippen LogP contribution in [-0.2, 0) is 11.3 Å². The lowest BCUT2D eigenvalue weighted by atomic mass is 9.71. The van der Waals surface area contributed by atoms with E-state index in [0.29, 0.717) is 36.8 Å². The molecule has 3 atom stereocenters. The number of allylic oxidation sites excluding steroid dienone is 2. The summed E-state index contributed by atoms with van der Waals surface area (Å²) in [6.07, 6.45) is 6.58. The number of fused-ring (bicyclic) bond motifs is 2. The van der Waals surface area contributed by atoms with Crippen LogP contribution in [0, 0.1) is 23.2 Å². The predicted molar refractivity (Wildman–Crippen MR) is 117 cm³/mol. The summed E-state index contributed by atoms with van der Waals surface area (Å²) in [5.74, 6) is 0.135. The Hall–Kier alpha value is -3.80. The molecule has 3 aliphatic rings. The quantitative estimate of drug-likeness (QED) is 0.632. The highest BCUT2D eigenvalue weighted by Crippen LogP contribution is 2.42. The zero-order chi connectivity index (χ0) is 22.1. The van der Waals surface area contributed by atoms with Crippen LogP contribution in [0.2, 0.25) is 0 Å². The van der Waals surface area contributed by atoms with Gasteiger partial charge in [-0.2, -0.15) is 10.2 Å². The van der Waals surface area contributed by atoms with Crippen LogP contribution >= 0.6 is 0 Å². The summed E-state index contributed by atoms with van der Waals surface area (Å²) in [5.41, 5.74) is 0.982. The minimum Gasteiger partial charge on any atom is -0.486 e. The van der Waals surface area contributed by atoms with Crippen molar-refractivity contribution in [3.63, 3.8) is 0 Å². The smallest absolute Gasteiger partial charge is 0.257 e. The fourth-order valence-corrected chi connectivity index (χ4v) is 4.67. The van der Waals surface area contributed by atoms with E-state index in [-0.39, 0.29) is 23.2 Å². The second kappa shape index (κ2) is 8.38.